The summed E-state index contributed by atoms with van der Waals surface area (Å²) in [5.41, 5.74) is 1.32. The second-order valence-electron chi connectivity index (χ2n) is 9.13. The molecule has 1 aromatic carbocycles. The predicted molar refractivity (Wildman–Crippen MR) is 126 cm³/mol. The van der Waals surface area contributed by atoms with Gasteiger partial charge in [-0.25, -0.2) is 0 Å². The van der Waals surface area contributed by atoms with Gasteiger partial charge in [-0.2, -0.15) is 0 Å². The highest BCUT2D eigenvalue weighted by atomic mass is 15.1. The van der Waals surface area contributed by atoms with Crippen molar-refractivity contribution in [1.82, 2.24) is 9.80 Å². The molecule has 0 unspecified atom stereocenters. The van der Waals surface area contributed by atoms with Gasteiger partial charge in [0.2, 0.25) is 0 Å². The van der Waals surface area contributed by atoms with Gasteiger partial charge in [-0.05, 0) is 78.8 Å². The Bertz CT molecular complexity index is 389. The highest BCUT2D eigenvalue weighted by Gasteiger charge is 2.06. The molecule has 162 valence electrons. The second kappa shape index (κ2) is 17.0. The van der Waals surface area contributed by atoms with Crippen LogP contribution in [0.4, 0.5) is 0 Å². The average molecular weight is 389 g/mol. The molecular weight excluding hydrogens is 340 g/mol. The maximum absolute atomic E-state index is 2.39. The lowest BCUT2D eigenvalue weighted by molar-refractivity contribution is 0.277. The van der Waals surface area contributed by atoms with Crippen molar-refractivity contribution in [2.24, 2.45) is 5.92 Å². The molecule has 1 aromatic rings. The number of likely N-dealkylation sites (tertiary alicyclic amines) is 2. The molecule has 2 nitrogen and oxygen atoms in total. The first-order valence-corrected chi connectivity index (χ1v) is 12.0. The molecule has 2 heterocycles. The summed E-state index contributed by atoms with van der Waals surface area (Å²) in [5, 5.41) is 0. The van der Waals surface area contributed by atoms with Gasteiger partial charge in [0, 0.05) is 0 Å². The number of rotatable bonds is 0. The van der Waals surface area contributed by atoms with E-state index in [2.05, 4.69) is 49.9 Å². The predicted octanol–water partition coefficient (Wildman–Crippen LogP) is 6.79. The molecular formula is C26H48N2. The Morgan fingerprint density at radius 2 is 1.00 bits per heavy atom. The van der Waals surface area contributed by atoms with E-state index in [1.54, 1.807) is 0 Å². The smallest absolute Gasteiger partial charge is 0.00218 e. The van der Waals surface area contributed by atoms with Crippen LogP contribution < -0.4 is 0 Å². The summed E-state index contributed by atoms with van der Waals surface area (Å²) in [6.45, 7) is 9.72. The fraction of sp³-hybridized carbons (Fsp3) is 0.769. The summed E-state index contributed by atoms with van der Waals surface area (Å²) in [7, 11) is 4.39. The quantitative estimate of drug-likeness (QED) is 0.483. The number of aryl methyl sites for hydroxylation is 1. The molecule has 2 saturated heterocycles. The first-order chi connectivity index (χ1) is 13.6. The molecule has 0 N–H and O–H groups in total. The lowest BCUT2D eigenvalue weighted by Crippen LogP contribution is -2.24. The normalized spacial score (nSPS) is 21.1. The van der Waals surface area contributed by atoms with Crippen molar-refractivity contribution in [2.75, 3.05) is 40.3 Å². The van der Waals surface area contributed by atoms with Gasteiger partial charge < -0.3 is 9.80 Å². The van der Waals surface area contributed by atoms with E-state index in [-0.39, 0.29) is 0 Å². The number of nitrogens with zero attached hydrogens (tertiary/aromatic N) is 2. The van der Waals surface area contributed by atoms with Gasteiger partial charge in [-0.1, -0.05) is 87.8 Å². The van der Waals surface area contributed by atoms with Crippen LogP contribution in [0, 0.1) is 12.8 Å². The van der Waals surface area contributed by atoms with E-state index < -0.39 is 0 Å². The van der Waals surface area contributed by atoms with Crippen LogP contribution >= 0.6 is 0 Å². The van der Waals surface area contributed by atoms with E-state index in [9.17, 15) is 0 Å². The SMILES string of the molecule is CC1CCCCC1.CN1CCCCC1.CN1CCCCC1.Cc1ccccc1. The average Bonchev–Trinajstić information content (AvgIpc) is 2.72. The minimum absolute atomic E-state index is 1.04. The van der Waals surface area contributed by atoms with Crippen molar-refractivity contribution >= 4 is 0 Å². The number of hydrogen-bond donors (Lipinski definition) is 0. The van der Waals surface area contributed by atoms with Gasteiger partial charge >= 0.3 is 0 Å². The van der Waals surface area contributed by atoms with Gasteiger partial charge in [0.15, 0.2) is 0 Å². The summed E-state index contributed by atoms with van der Waals surface area (Å²) >= 11 is 0. The fourth-order valence-electron chi connectivity index (χ4n) is 3.95. The van der Waals surface area contributed by atoms with Crippen molar-refractivity contribution < 1.29 is 0 Å². The third-order valence-corrected chi connectivity index (χ3v) is 5.99. The molecule has 2 heteroatoms. The van der Waals surface area contributed by atoms with Gasteiger partial charge in [0.25, 0.3) is 0 Å². The van der Waals surface area contributed by atoms with E-state index in [4.69, 9.17) is 0 Å². The van der Waals surface area contributed by atoms with Gasteiger partial charge in [0.05, 0.1) is 0 Å². The van der Waals surface area contributed by atoms with E-state index >= 15 is 0 Å². The topological polar surface area (TPSA) is 6.48 Å². The molecule has 0 aromatic heterocycles. The second-order valence-corrected chi connectivity index (χ2v) is 9.13. The zero-order chi connectivity index (χ0) is 20.5. The molecule has 1 saturated carbocycles. The molecule has 2 aliphatic heterocycles. The summed E-state index contributed by atoms with van der Waals surface area (Å²) in [6, 6.07) is 10.3. The molecule has 0 radical (unpaired) electrons. The van der Waals surface area contributed by atoms with E-state index in [0.717, 1.165) is 5.92 Å². The Kier molecular flexibility index (Phi) is 15.3. The lowest BCUT2D eigenvalue weighted by atomic mass is 9.91. The lowest BCUT2D eigenvalue weighted by Gasteiger charge is -2.20. The van der Waals surface area contributed by atoms with Gasteiger partial charge in [-0.15, -0.1) is 0 Å². The third-order valence-electron chi connectivity index (χ3n) is 5.99. The Labute approximate surface area is 176 Å². The van der Waals surface area contributed by atoms with Crippen molar-refractivity contribution in [3.63, 3.8) is 0 Å². The van der Waals surface area contributed by atoms with E-state index in [1.807, 2.05) is 18.2 Å². The summed E-state index contributed by atoms with van der Waals surface area (Å²) in [5.74, 6) is 1.04. The maximum atomic E-state index is 2.39. The Morgan fingerprint density at radius 1 is 0.607 bits per heavy atom. The van der Waals surface area contributed by atoms with Crippen LogP contribution in [0.15, 0.2) is 30.3 Å². The highest BCUT2D eigenvalue weighted by Crippen LogP contribution is 2.22. The summed E-state index contributed by atoms with van der Waals surface area (Å²) < 4.78 is 0. The van der Waals surface area contributed by atoms with Crippen molar-refractivity contribution in [1.29, 1.82) is 0 Å². The van der Waals surface area contributed by atoms with Crippen LogP contribution in [-0.2, 0) is 0 Å². The Morgan fingerprint density at radius 3 is 1.21 bits per heavy atom. The minimum atomic E-state index is 1.04. The molecule has 28 heavy (non-hydrogen) atoms. The zero-order valence-electron chi connectivity index (χ0n) is 19.5. The monoisotopic (exact) mass is 388 g/mol. The molecule has 3 aliphatic rings. The first-order valence-electron chi connectivity index (χ1n) is 12.0. The molecule has 4 rings (SSSR count). The minimum Gasteiger partial charge on any atom is -0.306 e. The standard InChI is InChI=1S/C7H14.C7H8.2C6H13N/c4*1-7-5-3-2-4-6-7/h7H,2-6H2,1H3;2-6H,1H3;2*2-6H2,1H3. The van der Waals surface area contributed by atoms with Crippen LogP contribution in [0.5, 0.6) is 0 Å². The first kappa shape index (κ1) is 25.2. The van der Waals surface area contributed by atoms with E-state index in [1.165, 1.54) is 102 Å². The Balaban J connectivity index is 0.000000187. The summed E-state index contributed by atoms with van der Waals surface area (Å²) in [4.78, 5) is 4.78. The van der Waals surface area contributed by atoms with Crippen LogP contribution in [0.1, 0.15) is 83.1 Å². The third kappa shape index (κ3) is 15.1. The Hall–Kier alpha value is -0.860. The fourth-order valence-corrected chi connectivity index (χ4v) is 3.95. The van der Waals surface area contributed by atoms with Gasteiger partial charge in [0.1, 0.15) is 0 Å². The maximum Gasteiger partial charge on any atom is -0.00218 e. The molecule has 0 bridgehead atoms. The van der Waals surface area contributed by atoms with Crippen molar-refractivity contribution in [3.8, 4) is 0 Å². The van der Waals surface area contributed by atoms with E-state index in [0.29, 0.717) is 0 Å². The molecule has 0 spiro atoms. The zero-order valence-corrected chi connectivity index (χ0v) is 19.5. The molecule has 3 fully saturated rings. The van der Waals surface area contributed by atoms with Crippen LogP contribution in [0.25, 0.3) is 0 Å². The largest absolute Gasteiger partial charge is 0.306 e. The van der Waals surface area contributed by atoms with Crippen LogP contribution in [0.2, 0.25) is 0 Å². The van der Waals surface area contributed by atoms with Gasteiger partial charge in [-0.3, -0.25) is 0 Å². The highest BCUT2D eigenvalue weighted by molar-refractivity contribution is 5.11. The van der Waals surface area contributed by atoms with Crippen molar-refractivity contribution in [2.45, 2.75) is 84.5 Å². The number of piperidine rings is 2. The summed E-state index contributed by atoms with van der Waals surface area (Å²) in [6.07, 6.45) is 16.0. The molecule has 0 amide bonds. The molecule has 1 aliphatic carbocycles. The number of benzene rings is 1. The molecule has 0 atom stereocenters. The van der Waals surface area contributed by atoms with Crippen LogP contribution in [-0.4, -0.2) is 50.1 Å². The number of hydrogen-bond acceptors (Lipinski definition) is 2. The van der Waals surface area contributed by atoms with Crippen molar-refractivity contribution in [3.05, 3.63) is 35.9 Å². The van der Waals surface area contributed by atoms with Crippen LogP contribution in [0.3, 0.4) is 0 Å².